The Morgan fingerprint density at radius 1 is 1.24 bits per heavy atom. The fourth-order valence-electron chi connectivity index (χ4n) is 1.69. The minimum atomic E-state index is 0.263. The molecule has 94 valence electrons. The smallest absolute Gasteiger partial charge is 0.0767 e. The molecule has 0 aromatic heterocycles. The second-order valence-electron chi connectivity index (χ2n) is 4.15. The molecule has 0 aliphatic heterocycles. The first-order chi connectivity index (χ1) is 8.36. The second-order valence-corrected chi connectivity index (χ2v) is 4.87. The first-order valence-corrected chi connectivity index (χ1v) is 7.53. The van der Waals surface area contributed by atoms with Gasteiger partial charge in [-0.15, -0.1) is 0 Å². The third kappa shape index (κ3) is 6.84. The van der Waals surface area contributed by atoms with Crippen LogP contribution in [0.2, 0.25) is 0 Å². The lowest BCUT2D eigenvalue weighted by atomic mass is 10.1. The van der Waals surface area contributed by atoms with E-state index in [1.165, 1.54) is 24.8 Å². The summed E-state index contributed by atoms with van der Waals surface area (Å²) in [6, 6.07) is 10.4. The van der Waals surface area contributed by atoms with E-state index in [1.807, 2.05) is 6.07 Å². The average Bonchev–Trinajstić information content (AvgIpc) is 2.37. The predicted molar refractivity (Wildman–Crippen MR) is 82.3 cm³/mol. The molecule has 0 aliphatic carbocycles. The Labute approximate surface area is 118 Å². The topological polar surface area (TPSA) is 9.23 Å². The van der Waals surface area contributed by atoms with E-state index in [9.17, 15) is 0 Å². The van der Waals surface area contributed by atoms with Crippen molar-refractivity contribution in [2.75, 3.05) is 0 Å². The van der Waals surface area contributed by atoms with Crippen LogP contribution in [0.4, 0.5) is 0 Å². The maximum Gasteiger partial charge on any atom is 0.0767 e. The van der Waals surface area contributed by atoms with Crippen LogP contribution in [0.3, 0.4) is 0 Å². The van der Waals surface area contributed by atoms with Crippen molar-refractivity contribution in [2.24, 2.45) is 0 Å². The van der Waals surface area contributed by atoms with Gasteiger partial charge >= 0.3 is 0 Å². The summed E-state index contributed by atoms with van der Waals surface area (Å²) in [5, 5.41) is 0. The molecule has 1 atom stereocenters. The van der Waals surface area contributed by atoms with Crippen LogP contribution in [0, 0.1) is 0 Å². The maximum absolute atomic E-state index is 5.92. The van der Waals surface area contributed by atoms with Crippen LogP contribution in [0.25, 0.3) is 0 Å². The quantitative estimate of drug-likeness (QED) is 0.471. The molecule has 0 spiro atoms. The van der Waals surface area contributed by atoms with Gasteiger partial charge in [0.2, 0.25) is 0 Å². The predicted octanol–water partition coefficient (Wildman–Crippen LogP) is 5.10. The molecular weight excluding hydrogens is 323 g/mol. The molecule has 0 heterocycles. The Kier molecular flexibility index (Phi) is 8.36. The van der Waals surface area contributed by atoms with Crippen molar-refractivity contribution in [1.82, 2.24) is 0 Å². The summed E-state index contributed by atoms with van der Waals surface area (Å²) in [6.07, 6.45) is 7.34. The number of ether oxygens (including phenoxy) is 1. The molecule has 0 amide bonds. The molecule has 1 rings (SSSR count). The second kappa shape index (κ2) is 9.66. The SMILES string of the molecule is CCCCCC(C=CI)OCc1ccccc1. The van der Waals surface area contributed by atoms with E-state index in [0.29, 0.717) is 6.61 Å². The number of hydrogen-bond donors (Lipinski definition) is 0. The summed E-state index contributed by atoms with van der Waals surface area (Å²) in [4.78, 5) is 0. The van der Waals surface area contributed by atoms with E-state index in [2.05, 4.69) is 63.9 Å². The van der Waals surface area contributed by atoms with Gasteiger partial charge in [-0.05, 0) is 22.1 Å². The lowest BCUT2D eigenvalue weighted by Gasteiger charge is -2.14. The molecule has 1 nitrogen and oxygen atoms in total. The van der Waals surface area contributed by atoms with Crippen molar-refractivity contribution in [2.45, 2.75) is 45.3 Å². The summed E-state index contributed by atoms with van der Waals surface area (Å²) in [5.74, 6) is 0. The van der Waals surface area contributed by atoms with Gasteiger partial charge in [0, 0.05) is 0 Å². The maximum atomic E-state index is 5.92. The summed E-state index contributed by atoms with van der Waals surface area (Å²) in [7, 11) is 0. The van der Waals surface area contributed by atoms with Crippen molar-refractivity contribution < 1.29 is 4.74 Å². The highest BCUT2D eigenvalue weighted by atomic mass is 127. The Hall–Kier alpha value is -0.350. The van der Waals surface area contributed by atoms with Crippen LogP contribution in [0.15, 0.2) is 40.5 Å². The standard InChI is InChI=1S/C15H21IO/c1-2-3-5-10-15(11-12-16)17-13-14-8-6-4-7-9-14/h4,6-9,11-12,15H,2-3,5,10,13H2,1H3. The zero-order valence-corrected chi connectivity index (χ0v) is 12.6. The normalized spacial score (nSPS) is 13.1. The van der Waals surface area contributed by atoms with E-state index in [4.69, 9.17) is 4.74 Å². The first kappa shape index (κ1) is 14.7. The van der Waals surface area contributed by atoms with Crippen LogP contribution < -0.4 is 0 Å². The van der Waals surface area contributed by atoms with E-state index in [0.717, 1.165) is 6.42 Å². The van der Waals surface area contributed by atoms with E-state index >= 15 is 0 Å². The third-order valence-corrected chi connectivity index (χ3v) is 3.10. The number of hydrogen-bond acceptors (Lipinski definition) is 1. The zero-order chi connectivity index (χ0) is 12.3. The monoisotopic (exact) mass is 344 g/mol. The summed E-state index contributed by atoms with van der Waals surface area (Å²) >= 11 is 2.26. The van der Waals surface area contributed by atoms with Crippen molar-refractivity contribution in [3.05, 3.63) is 46.1 Å². The fraction of sp³-hybridized carbons (Fsp3) is 0.467. The molecule has 0 bridgehead atoms. The minimum absolute atomic E-state index is 0.263. The molecule has 1 aromatic carbocycles. The van der Waals surface area contributed by atoms with Gasteiger partial charge in [0.25, 0.3) is 0 Å². The largest absolute Gasteiger partial charge is 0.369 e. The van der Waals surface area contributed by atoms with E-state index in [-0.39, 0.29) is 6.10 Å². The molecule has 0 saturated heterocycles. The van der Waals surface area contributed by atoms with Crippen molar-refractivity contribution in [3.8, 4) is 0 Å². The molecule has 1 aromatic rings. The number of rotatable bonds is 8. The average molecular weight is 344 g/mol. The van der Waals surface area contributed by atoms with Gasteiger partial charge in [-0.1, -0.05) is 79.1 Å². The summed E-state index contributed by atoms with van der Waals surface area (Å²) in [6.45, 7) is 2.94. The first-order valence-electron chi connectivity index (χ1n) is 6.29. The highest BCUT2D eigenvalue weighted by Crippen LogP contribution is 2.12. The Morgan fingerprint density at radius 2 is 2.00 bits per heavy atom. The van der Waals surface area contributed by atoms with Crippen LogP contribution in [-0.4, -0.2) is 6.10 Å². The van der Waals surface area contributed by atoms with Crippen LogP contribution in [0.5, 0.6) is 0 Å². The van der Waals surface area contributed by atoms with Gasteiger partial charge in [-0.25, -0.2) is 0 Å². The lowest BCUT2D eigenvalue weighted by Crippen LogP contribution is -2.09. The zero-order valence-electron chi connectivity index (χ0n) is 10.4. The molecule has 17 heavy (non-hydrogen) atoms. The summed E-state index contributed by atoms with van der Waals surface area (Å²) in [5.41, 5.74) is 1.25. The molecule has 2 heteroatoms. The van der Waals surface area contributed by atoms with E-state index < -0.39 is 0 Å². The van der Waals surface area contributed by atoms with Crippen molar-refractivity contribution in [1.29, 1.82) is 0 Å². The number of unbranched alkanes of at least 4 members (excludes halogenated alkanes) is 2. The highest BCUT2D eigenvalue weighted by Gasteiger charge is 2.04. The Morgan fingerprint density at radius 3 is 2.65 bits per heavy atom. The van der Waals surface area contributed by atoms with Gasteiger partial charge < -0.3 is 4.74 Å². The van der Waals surface area contributed by atoms with Gasteiger partial charge in [0.15, 0.2) is 0 Å². The van der Waals surface area contributed by atoms with Crippen LogP contribution in [0.1, 0.15) is 38.2 Å². The van der Waals surface area contributed by atoms with Gasteiger partial charge in [-0.3, -0.25) is 0 Å². The Bertz CT molecular complexity index is 308. The lowest BCUT2D eigenvalue weighted by molar-refractivity contribution is 0.0650. The van der Waals surface area contributed by atoms with Crippen LogP contribution >= 0.6 is 22.6 Å². The molecule has 1 unspecified atom stereocenters. The van der Waals surface area contributed by atoms with Crippen LogP contribution in [-0.2, 0) is 11.3 Å². The molecule has 0 saturated carbocycles. The Balaban J connectivity index is 2.33. The number of benzene rings is 1. The third-order valence-electron chi connectivity index (χ3n) is 2.69. The van der Waals surface area contributed by atoms with Crippen molar-refractivity contribution >= 4 is 22.6 Å². The fourth-order valence-corrected chi connectivity index (χ4v) is 2.15. The minimum Gasteiger partial charge on any atom is -0.369 e. The molecule has 0 aliphatic rings. The van der Waals surface area contributed by atoms with Gasteiger partial charge in [0.1, 0.15) is 0 Å². The molecule has 0 fully saturated rings. The summed E-state index contributed by atoms with van der Waals surface area (Å²) < 4.78 is 7.98. The van der Waals surface area contributed by atoms with Gasteiger partial charge in [-0.2, -0.15) is 0 Å². The number of halogens is 1. The molecule has 0 N–H and O–H groups in total. The van der Waals surface area contributed by atoms with Crippen molar-refractivity contribution in [3.63, 3.8) is 0 Å². The van der Waals surface area contributed by atoms with Gasteiger partial charge in [0.05, 0.1) is 12.7 Å². The molecular formula is C15H21IO. The van der Waals surface area contributed by atoms with E-state index in [1.54, 1.807) is 0 Å². The highest BCUT2D eigenvalue weighted by molar-refractivity contribution is 14.1. The molecule has 0 radical (unpaired) electrons.